The predicted molar refractivity (Wildman–Crippen MR) is 70.6 cm³/mol. The van der Waals surface area contributed by atoms with E-state index in [4.69, 9.17) is 4.74 Å². The van der Waals surface area contributed by atoms with Crippen LogP contribution in [0.2, 0.25) is 0 Å². The molecule has 21 heavy (non-hydrogen) atoms. The van der Waals surface area contributed by atoms with Crippen LogP contribution < -0.4 is 4.74 Å². The van der Waals surface area contributed by atoms with Crippen LogP contribution in [0, 0.1) is 5.92 Å². The van der Waals surface area contributed by atoms with Crippen LogP contribution in [-0.4, -0.2) is 17.4 Å². The highest BCUT2D eigenvalue weighted by atomic mass is 32.1. The zero-order valence-electron chi connectivity index (χ0n) is 10.7. The molecule has 1 unspecified atom stereocenters. The molecule has 0 radical (unpaired) electrons. The summed E-state index contributed by atoms with van der Waals surface area (Å²) in [5, 5.41) is -0.997. The van der Waals surface area contributed by atoms with Crippen LogP contribution in [0.15, 0.2) is 30.5 Å². The zero-order valence-corrected chi connectivity index (χ0v) is 11.5. The molecule has 1 aliphatic heterocycles. The summed E-state index contributed by atoms with van der Waals surface area (Å²) in [6.45, 7) is 0.176. The van der Waals surface area contributed by atoms with E-state index in [1.54, 1.807) is 0 Å². The molecule has 0 fully saturated rings. The average molecular weight is 313 g/mol. The van der Waals surface area contributed by atoms with Crippen LogP contribution in [0.1, 0.15) is 20.2 Å². The second-order valence-corrected chi connectivity index (χ2v) is 5.74. The Morgan fingerprint density at radius 2 is 2.10 bits per heavy atom. The number of thiazole rings is 1. The second kappa shape index (κ2) is 5.14. The molecule has 0 bridgehead atoms. The van der Waals surface area contributed by atoms with Gasteiger partial charge in [-0.25, -0.2) is 4.98 Å². The van der Waals surface area contributed by atoms with Crippen molar-refractivity contribution in [1.29, 1.82) is 0 Å². The first kappa shape index (κ1) is 14.1. The van der Waals surface area contributed by atoms with E-state index in [0.29, 0.717) is 17.8 Å². The van der Waals surface area contributed by atoms with Gasteiger partial charge in [0, 0.05) is 6.20 Å². The van der Waals surface area contributed by atoms with Crippen molar-refractivity contribution >= 4 is 17.1 Å². The number of benzene rings is 1. The standard InChI is InChI=1S/C14H10F3NO2S/c15-14(16,17)13-18-6-11(21-13)12(19)9-5-8-3-1-2-4-10(8)20-7-9/h1-4,6,9H,5,7H2. The maximum absolute atomic E-state index is 12.5. The van der Waals surface area contributed by atoms with E-state index in [1.807, 2.05) is 24.3 Å². The lowest BCUT2D eigenvalue weighted by atomic mass is 9.93. The first-order chi connectivity index (χ1) is 9.95. The van der Waals surface area contributed by atoms with Crippen molar-refractivity contribution in [2.75, 3.05) is 6.61 Å². The van der Waals surface area contributed by atoms with Gasteiger partial charge in [0.1, 0.15) is 5.75 Å². The van der Waals surface area contributed by atoms with Crippen molar-refractivity contribution in [2.24, 2.45) is 5.92 Å². The molecule has 1 aromatic heterocycles. The Balaban J connectivity index is 1.79. The minimum absolute atomic E-state index is 0.0234. The maximum Gasteiger partial charge on any atom is 0.443 e. The van der Waals surface area contributed by atoms with E-state index in [-0.39, 0.29) is 17.3 Å². The summed E-state index contributed by atoms with van der Waals surface area (Å²) in [6, 6.07) is 7.33. The van der Waals surface area contributed by atoms with Gasteiger partial charge >= 0.3 is 6.18 Å². The van der Waals surface area contributed by atoms with E-state index < -0.39 is 17.1 Å². The molecular weight excluding hydrogens is 303 g/mol. The lowest BCUT2D eigenvalue weighted by molar-refractivity contribution is -0.137. The monoisotopic (exact) mass is 313 g/mol. The molecule has 0 amide bonds. The number of aromatic nitrogens is 1. The fourth-order valence-corrected chi connectivity index (χ4v) is 3.02. The minimum Gasteiger partial charge on any atom is -0.493 e. The van der Waals surface area contributed by atoms with Crippen molar-refractivity contribution < 1.29 is 22.7 Å². The van der Waals surface area contributed by atoms with Gasteiger partial charge in [0.15, 0.2) is 10.8 Å². The number of para-hydroxylation sites is 1. The highest BCUT2D eigenvalue weighted by Crippen LogP contribution is 2.34. The molecule has 0 saturated heterocycles. The van der Waals surface area contributed by atoms with Gasteiger partial charge in [-0.15, -0.1) is 11.3 Å². The Labute approximate surface area is 122 Å². The van der Waals surface area contributed by atoms with Crippen LogP contribution in [0.25, 0.3) is 0 Å². The van der Waals surface area contributed by atoms with Gasteiger partial charge in [-0.3, -0.25) is 4.79 Å². The Bertz CT molecular complexity index is 681. The number of carbonyl (C=O) groups is 1. The lowest BCUT2D eigenvalue weighted by Gasteiger charge is -2.23. The molecule has 1 atom stereocenters. The van der Waals surface area contributed by atoms with Crippen LogP contribution in [0.5, 0.6) is 5.75 Å². The third kappa shape index (κ3) is 2.78. The number of Topliss-reactive ketones (excluding diaryl/α,β-unsaturated/α-hetero) is 1. The van der Waals surface area contributed by atoms with E-state index in [9.17, 15) is 18.0 Å². The van der Waals surface area contributed by atoms with E-state index >= 15 is 0 Å². The first-order valence-electron chi connectivity index (χ1n) is 6.23. The molecule has 0 N–H and O–H groups in total. The number of alkyl halides is 3. The number of ketones is 1. The summed E-state index contributed by atoms with van der Waals surface area (Å²) in [5.74, 6) is -0.0965. The SMILES string of the molecule is O=C(c1cnc(C(F)(F)F)s1)C1COc2ccccc2C1. The van der Waals surface area contributed by atoms with Gasteiger partial charge in [0.2, 0.25) is 0 Å². The predicted octanol–water partition coefficient (Wildman–Crippen LogP) is 3.60. The quantitative estimate of drug-likeness (QED) is 0.795. The number of ether oxygens (including phenoxy) is 1. The molecule has 1 aliphatic rings. The van der Waals surface area contributed by atoms with Crippen molar-refractivity contribution in [1.82, 2.24) is 4.98 Å². The van der Waals surface area contributed by atoms with Gasteiger partial charge in [-0.1, -0.05) is 18.2 Å². The molecule has 3 rings (SSSR count). The van der Waals surface area contributed by atoms with E-state index in [0.717, 1.165) is 17.5 Å². The summed E-state index contributed by atoms with van der Waals surface area (Å²) < 4.78 is 43.0. The number of hydrogen-bond donors (Lipinski definition) is 0. The molecule has 7 heteroatoms. The molecule has 110 valence electrons. The Hall–Kier alpha value is -1.89. The summed E-state index contributed by atoms with van der Waals surface area (Å²) >= 11 is 0.382. The minimum atomic E-state index is -4.52. The van der Waals surface area contributed by atoms with Gasteiger partial charge in [0.05, 0.1) is 17.4 Å². The summed E-state index contributed by atoms with van der Waals surface area (Å²) in [7, 11) is 0. The topological polar surface area (TPSA) is 39.2 Å². The molecule has 2 heterocycles. The Morgan fingerprint density at radius 3 is 2.81 bits per heavy atom. The van der Waals surface area contributed by atoms with Gasteiger partial charge < -0.3 is 4.74 Å². The van der Waals surface area contributed by atoms with Crippen LogP contribution in [0.4, 0.5) is 13.2 Å². The van der Waals surface area contributed by atoms with Crippen molar-refractivity contribution in [3.63, 3.8) is 0 Å². The number of rotatable bonds is 2. The number of fused-ring (bicyclic) bond motifs is 1. The fraction of sp³-hybridized carbons (Fsp3) is 0.286. The normalized spacial score (nSPS) is 18.0. The number of nitrogens with zero attached hydrogens (tertiary/aromatic N) is 1. The van der Waals surface area contributed by atoms with E-state index in [2.05, 4.69) is 4.98 Å². The van der Waals surface area contributed by atoms with Crippen molar-refractivity contribution in [2.45, 2.75) is 12.6 Å². The summed E-state index contributed by atoms with van der Waals surface area (Å²) in [4.78, 5) is 15.6. The third-order valence-corrected chi connectivity index (χ3v) is 4.30. The third-order valence-electron chi connectivity index (χ3n) is 3.24. The van der Waals surface area contributed by atoms with Crippen molar-refractivity contribution in [3.05, 3.63) is 45.9 Å². The molecule has 1 aromatic carbocycles. The summed E-state index contributed by atoms with van der Waals surface area (Å²) in [5.41, 5.74) is 0.891. The maximum atomic E-state index is 12.5. The van der Waals surface area contributed by atoms with Crippen molar-refractivity contribution in [3.8, 4) is 5.75 Å². The molecule has 0 saturated carbocycles. The Morgan fingerprint density at radius 1 is 1.33 bits per heavy atom. The average Bonchev–Trinajstić information content (AvgIpc) is 2.96. The van der Waals surface area contributed by atoms with Crippen LogP contribution >= 0.6 is 11.3 Å². The molecule has 3 nitrogen and oxygen atoms in total. The Kier molecular flexibility index (Phi) is 3.44. The largest absolute Gasteiger partial charge is 0.493 e. The molecule has 2 aromatic rings. The fourth-order valence-electron chi connectivity index (χ4n) is 2.22. The zero-order chi connectivity index (χ0) is 15.0. The van der Waals surface area contributed by atoms with E-state index in [1.165, 1.54) is 0 Å². The van der Waals surface area contributed by atoms with Crippen LogP contribution in [-0.2, 0) is 12.6 Å². The molecule has 0 spiro atoms. The highest BCUT2D eigenvalue weighted by Gasteiger charge is 2.36. The molecule has 0 aliphatic carbocycles. The van der Waals surface area contributed by atoms with Crippen LogP contribution in [0.3, 0.4) is 0 Å². The second-order valence-electron chi connectivity index (χ2n) is 4.71. The smallest absolute Gasteiger partial charge is 0.443 e. The first-order valence-corrected chi connectivity index (χ1v) is 7.05. The number of halogens is 3. The number of carbonyl (C=O) groups excluding carboxylic acids is 1. The summed E-state index contributed by atoms with van der Waals surface area (Å²) in [6.07, 6.45) is -3.05. The van der Waals surface area contributed by atoms with Gasteiger partial charge in [-0.05, 0) is 18.1 Å². The lowest BCUT2D eigenvalue weighted by Crippen LogP contribution is -2.27. The van der Waals surface area contributed by atoms with Gasteiger partial charge in [-0.2, -0.15) is 13.2 Å². The highest BCUT2D eigenvalue weighted by molar-refractivity contribution is 7.13. The van der Waals surface area contributed by atoms with Gasteiger partial charge in [0.25, 0.3) is 0 Å². The molecular formula is C14H10F3NO2S. The number of hydrogen-bond acceptors (Lipinski definition) is 4.